The highest BCUT2D eigenvalue weighted by molar-refractivity contribution is 6.98. The van der Waals surface area contributed by atoms with Gasteiger partial charge in [0.25, 0.3) is 0 Å². The van der Waals surface area contributed by atoms with Gasteiger partial charge in [0.15, 0.2) is 0 Å². The molecule has 7 heteroatoms. The van der Waals surface area contributed by atoms with Crippen molar-refractivity contribution in [2.75, 3.05) is 0 Å². The van der Waals surface area contributed by atoms with Gasteiger partial charge in [0.05, 0.1) is 0 Å². The lowest BCUT2D eigenvalue weighted by atomic mass is 9.75. The Labute approximate surface area is 89.9 Å². The average Bonchev–Trinajstić information content (AvgIpc) is 2.37. The lowest BCUT2D eigenvalue weighted by molar-refractivity contribution is 0.425. The molecular weight excluding hydrogens is 210 g/mol. The van der Waals surface area contributed by atoms with Crippen molar-refractivity contribution in [2.24, 2.45) is 0 Å². The van der Waals surface area contributed by atoms with E-state index >= 15 is 0 Å². The van der Waals surface area contributed by atoms with E-state index in [9.17, 15) is 5.02 Å². The number of fused-ring (bicyclic) bond motifs is 1. The number of hydrogen-bond acceptors (Lipinski definition) is 4. The smallest absolute Gasteiger partial charge is 0.446 e. The summed E-state index contributed by atoms with van der Waals surface area (Å²) in [6.07, 6.45) is 0. The zero-order valence-electron chi connectivity index (χ0n) is 8.64. The maximum atomic E-state index is 9.63. The van der Waals surface area contributed by atoms with Crippen molar-refractivity contribution in [2.45, 2.75) is 13.1 Å². The molecule has 4 nitrogen and oxygen atoms in total. The van der Waals surface area contributed by atoms with Gasteiger partial charge in [-0.1, -0.05) is 18.2 Å². The molecule has 0 bridgehead atoms. The number of benzene rings is 1. The van der Waals surface area contributed by atoms with Crippen molar-refractivity contribution >= 4 is 38.7 Å². The molecule has 1 aliphatic heterocycles. The molecule has 78 valence electrons. The van der Waals surface area contributed by atoms with Crippen LogP contribution in [-0.2, 0) is 4.34 Å². The summed E-state index contributed by atoms with van der Waals surface area (Å²) in [5.74, 6) is 0. The van der Waals surface area contributed by atoms with Crippen LogP contribution in [0.25, 0.3) is 0 Å². The fraction of sp³-hybridized carbons (Fsp3) is 0.250. The standard InChI is InChI=1S/C8H12B2O4Si/c1-15(2)8-5-6(9(11)12)3-4-7(8)10(13)14-15/h3-5,11-13H,1-2H3. The summed E-state index contributed by atoms with van der Waals surface area (Å²) in [5.41, 5.74) is 1.18. The SMILES string of the molecule is C[Si]1(C)OB(O)c2ccc(B(O)O)cc21. The van der Waals surface area contributed by atoms with E-state index in [1.165, 1.54) is 0 Å². The average molecular weight is 222 g/mol. The summed E-state index contributed by atoms with van der Waals surface area (Å²) in [4.78, 5) is 0. The summed E-state index contributed by atoms with van der Waals surface area (Å²) in [7, 11) is -4.42. The Bertz CT molecular complexity index is 396. The second-order valence-electron chi connectivity index (χ2n) is 4.20. The van der Waals surface area contributed by atoms with Crippen molar-refractivity contribution < 1.29 is 19.4 Å². The van der Waals surface area contributed by atoms with Crippen LogP contribution in [-0.4, -0.2) is 37.6 Å². The van der Waals surface area contributed by atoms with Gasteiger partial charge in [0.2, 0.25) is 8.32 Å². The molecule has 15 heavy (non-hydrogen) atoms. The molecule has 2 rings (SSSR count). The Balaban J connectivity index is 2.52. The van der Waals surface area contributed by atoms with Crippen molar-refractivity contribution in [3.8, 4) is 0 Å². The Hall–Kier alpha value is -0.593. The van der Waals surface area contributed by atoms with E-state index in [1.54, 1.807) is 18.2 Å². The fourth-order valence-electron chi connectivity index (χ4n) is 1.88. The molecule has 0 saturated carbocycles. The zero-order chi connectivity index (χ0) is 11.2. The van der Waals surface area contributed by atoms with E-state index in [0.717, 1.165) is 10.6 Å². The molecule has 1 heterocycles. The maximum absolute atomic E-state index is 9.63. The highest BCUT2D eigenvalue weighted by Crippen LogP contribution is 2.11. The monoisotopic (exact) mass is 222 g/mol. The van der Waals surface area contributed by atoms with E-state index in [0.29, 0.717) is 5.46 Å². The Kier molecular flexibility index (Phi) is 2.52. The van der Waals surface area contributed by atoms with E-state index in [1.807, 2.05) is 13.1 Å². The van der Waals surface area contributed by atoms with Crippen LogP contribution >= 0.6 is 0 Å². The van der Waals surface area contributed by atoms with Gasteiger partial charge in [-0.25, -0.2) is 0 Å². The van der Waals surface area contributed by atoms with Gasteiger partial charge < -0.3 is 19.4 Å². The van der Waals surface area contributed by atoms with Gasteiger partial charge in [-0.05, 0) is 29.2 Å². The molecule has 0 fully saturated rings. The van der Waals surface area contributed by atoms with E-state index in [-0.39, 0.29) is 0 Å². The van der Waals surface area contributed by atoms with E-state index in [4.69, 9.17) is 14.4 Å². The molecule has 0 unspecified atom stereocenters. The van der Waals surface area contributed by atoms with Gasteiger partial charge in [-0.3, -0.25) is 0 Å². The molecule has 0 atom stereocenters. The van der Waals surface area contributed by atoms with Gasteiger partial charge in [0.1, 0.15) is 0 Å². The summed E-state index contributed by atoms with van der Waals surface area (Å²) < 4.78 is 5.48. The minimum atomic E-state index is -2.07. The minimum Gasteiger partial charge on any atom is -0.446 e. The van der Waals surface area contributed by atoms with Crippen molar-refractivity contribution in [3.63, 3.8) is 0 Å². The first kappa shape index (κ1) is 10.9. The highest BCUT2D eigenvalue weighted by Gasteiger charge is 2.42. The second kappa shape index (κ2) is 3.46. The summed E-state index contributed by atoms with van der Waals surface area (Å²) in [5, 5.41) is 28.7. The topological polar surface area (TPSA) is 69.9 Å². The molecular formula is C8H12B2O4Si. The Morgan fingerprint density at radius 2 is 2.00 bits per heavy atom. The van der Waals surface area contributed by atoms with Crippen LogP contribution < -0.4 is 16.1 Å². The summed E-state index contributed by atoms with van der Waals surface area (Å²) in [6.45, 7) is 3.94. The fourth-order valence-corrected chi connectivity index (χ4v) is 4.11. The normalized spacial score (nSPS) is 17.8. The van der Waals surface area contributed by atoms with Crippen molar-refractivity contribution in [3.05, 3.63) is 18.2 Å². The molecule has 1 aromatic rings. The highest BCUT2D eigenvalue weighted by atomic mass is 28.4. The first-order chi connectivity index (χ1) is 6.92. The van der Waals surface area contributed by atoms with E-state index in [2.05, 4.69) is 0 Å². The molecule has 3 N–H and O–H groups in total. The lowest BCUT2D eigenvalue weighted by Crippen LogP contribution is -2.47. The number of rotatable bonds is 1. The largest absolute Gasteiger partial charge is 0.488 e. The summed E-state index contributed by atoms with van der Waals surface area (Å²) in [6, 6.07) is 4.99. The molecule has 1 aromatic carbocycles. The van der Waals surface area contributed by atoms with Crippen LogP contribution in [0.2, 0.25) is 13.1 Å². The zero-order valence-corrected chi connectivity index (χ0v) is 9.64. The van der Waals surface area contributed by atoms with Crippen molar-refractivity contribution in [1.82, 2.24) is 0 Å². The third-order valence-corrected chi connectivity index (χ3v) is 5.24. The third-order valence-electron chi connectivity index (χ3n) is 2.70. The molecule has 0 saturated heterocycles. The van der Waals surface area contributed by atoms with Crippen LogP contribution in [0.1, 0.15) is 0 Å². The second-order valence-corrected chi connectivity index (χ2v) is 8.00. The Morgan fingerprint density at radius 3 is 2.60 bits per heavy atom. The number of hydrogen-bond donors (Lipinski definition) is 3. The molecule has 0 aliphatic carbocycles. The van der Waals surface area contributed by atoms with Crippen LogP contribution in [0.3, 0.4) is 0 Å². The van der Waals surface area contributed by atoms with Gasteiger partial charge >= 0.3 is 14.2 Å². The minimum absolute atomic E-state index is 0.437. The van der Waals surface area contributed by atoms with Gasteiger partial charge in [0, 0.05) is 0 Å². The van der Waals surface area contributed by atoms with Crippen LogP contribution in [0.5, 0.6) is 0 Å². The van der Waals surface area contributed by atoms with E-state index < -0.39 is 22.6 Å². The van der Waals surface area contributed by atoms with Crippen LogP contribution in [0.15, 0.2) is 18.2 Å². The Morgan fingerprint density at radius 1 is 1.33 bits per heavy atom. The maximum Gasteiger partial charge on any atom is 0.488 e. The summed E-state index contributed by atoms with van der Waals surface area (Å²) >= 11 is 0. The van der Waals surface area contributed by atoms with Gasteiger partial charge in [-0.2, -0.15) is 0 Å². The first-order valence-electron chi connectivity index (χ1n) is 4.78. The van der Waals surface area contributed by atoms with Crippen LogP contribution in [0, 0.1) is 0 Å². The van der Waals surface area contributed by atoms with Crippen molar-refractivity contribution in [1.29, 1.82) is 0 Å². The molecule has 0 amide bonds. The molecule has 0 aromatic heterocycles. The predicted molar refractivity (Wildman–Crippen MR) is 62.1 cm³/mol. The predicted octanol–water partition coefficient (Wildman–Crippen LogP) is -2.50. The quantitative estimate of drug-likeness (QED) is 0.459. The van der Waals surface area contributed by atoms with Crippen LogP contribution in [0.4, 0.5) is 0 Å². The lowest BCUT2D eigenvalue weighted by Gasteiger charge is -2.16. The molecule has 0 radical (unpaired) electrons. The third kappa shape index (κ3) is 1.77. The molecule has 0 spiro atoms. The molecule has 1 aliphatic rings. The van der Waals surface area contributed by atoms with Gasteiger partial charge in [-0.15, -0.1) is 0 Å². The first-order valence-corrected chi connectivity index (χ1v) is 7.69.